The Balaban J connectivity index is 0.000000396. The minimum absolute atomic E-state index is 0.147. The van der Waals surface area contributed by atoms with Gasteiger partial charge in [-0.2, -0.15) is 0 Å². The van der Waals surface area contributed by atoms with E-state index in [1.54, 1.807) is 0 Å². The number of hydrogen-bond acceptors (Lipinski definition) is 2. The van der Waals surface area contributed by atoms with E-state index in [0.717, 1.165) is 17.8 Å². The normalized spacial score (nSPS) is 18.8. The molecule has 0 aromatic rings. The van der Waals surface area contributed by atoms with E-state index in [1.807, 2.05) is 38.2 Å². The number of hydrogen-bond donors (Lipinski definition) is 0. The molecule has 0 aromatic heterocycles. The van der Waals surface area contributed by atoms with E-state index in [9.17, 15) is 4.79 Å². The van der Waals surface area contributed by atoms with Crippen LogP contribution in [-0.2, 0) is 9.53 Å². The monoisotopic (exact) mass is 178 g/mol. The summed E-state index contributed by atoms with van der Waals surface area (Å²) in [5.41, 5.74) is 1.00. The second-order valence-electron chi connectivity index (χ2n) is 2.58. The van der Waals surface area contributed by atoms with Crippen molar-refractivity contribution in [3.63, 3.8) is 0 Å². The van der Waals surface area contributed by atoms with Crippen molar-refractivity contribution >= 4 is 5.97 Å². The van der Waals surface area contributed by atoms with Crippen LogP contribution in [0, 0.1) is 0 Å². The van der Waals surface area contributed by atoms with E-state index >= 15 is 0 Å². The minimum Gasteiger partial charge on any atom is -0.426 e. The zero-order valence-corrected chi connectivity index (χ0v) is 8.04. The van der Waals surface area contributed by atoms with Crippen molar-refractivity contribution in [1.29, 1.82) is 0 Å². The van der Waals surface area contributed by atoms with Gasteiger partial charge in [-0.25, -0.2) is 0 Å². The second kappa shape index (κ2) is 4.65. The van der Waals surface area contributed by atoms with Crippen molar-refractivity contribution in [2.75, 3.05) is 0 Å². The summed E-state index contributed by atoms with van der Waals surface area (Å²) in [6.45, 7) is 4.00. The molecule has 70 valence electrons. The Kier molecular flexibility index (Phi) is 3.50. The van der Waals surface area contributed by atoms with Crippen molar-refractivity contribution in [2.45, 2.75) is 26.7 Å². The molecule has 0 radical (unpaired) electrons. The predicted octanol–water partition coefficient (Wildman–Crippen LogP) is 2.73. The molecule has 2 nitrogen and oxygen atoms in total. The van der Waals surface area contributed by atoms with Crippen LogP contribution in [0.15, 0.2) is 35.6 Å². The van der Waals surface area contributed by atoms with Crippen LogP contribution < -0.4 is 0 Å². The van der Waals surface area contributed by atoms with Gasteiger partial charge >= 0.3 is 5.97 Å². The van der Waals surface area contributed by atoms with Crippen LogP contribution in [-0.4, -0.2) is 5.97 Å². The maximum Gasteiger partial charge on any atom is 0.315 e. The Morgan fingerprint density at radius 2 is 1.92 bits per heavy atom. The lowest BCUT2D eigenvalue weighted by atomic mass is 10.2. The molecule has 1 aliphatic carbocycles. The first-order chi connectivity index (χ1) is 6.36. The van der Waals surface area contributed by atoms with Gasteiger partial charge in [0.2, 0.25) is 0 Å². The number of ether oxygens (including phenoxy) is 1. The predicted molar refractivity (Wildman–Crippen MR) is 52.0 cm³/mol. The second-order valence-corrected chi connectivity index (χ2v) is 2.58. The summed E-state index contributed by atoms with van der Waals surface area (Å²) in [6, 6.07) is 0. The fourth-order valence-electron chi connectivity index (χ4n) is 1.21. The van der Waals surface area contributed by atoms with Gasteiger partial charge in [-0.1, -0.05) is 32.1 Å². The van der Waals surface area contributed by atoms with Crippen molar-refractivity contribution in [3.05, 3.63) is 35.6 Å². The maximum atomic E-state index is 10.8. The molecule has 0 atom stereocenters. The lowest BCUT2D eigenvalue weighted by molar-refractivity contribution is -0.136. The van der Waals surface area contributed by atoms with E-state index in [4.69, 9.17) is 4.74 Å². The van der Waals surface area contributed by atoms with Crippen LogP contribution in [0.25, 0.3) is 0 Å². The molecule has 0 fully saturated rings. The van der Waals surface area contributed by atoms with Crippen molar-refractivity contribution in [3.8, 4) is 0 Å². The van der Waals surface area contributed by atoms with Gasteiger partial charge < -0.3 is 4.74 Å². The Hall–Kier alpha value is -1.31. The highest BCUT2D eigenvalue weighted by Crippen LogP contribution is 2.24. The van der Waals surface area contributed by atoms with Crippen molar-refractivity contribution < 1.29 is 9.53 Å². The quantitative estimate of drug-likeness (QED) is 0.533. The molecule has 0 saturated heterocycles. The third-order valence-corrected chi connectivity index (χ3v) is 1.74. The largest absolute Gasteiger partial charge is 0.426 e. The Labute approximate surface area is 78.6 Å². The third-order valence-electron chi connectivity index (χ3n) is 1.74. The van der Waals surface area contributed by atoms with Crippen LogP contribution >= 0.6 is 0 Å². The molecule has 0 bridgehead atoms. The smallest absolute Gasteiger partial charge is 0.315 e. The summed E-state index contributed by atoms with van der Waals surface area (Å²) in [7, 11) is 0. The molecule has 1 aliphatic heterocycles. The summed E-state index contributed by atoms with van der Waals surface area (Å²) < 4.78 is 4.95. The van der Waals surface area contributed by atoms with Crippen LogP contribution in [0.3, 0.4) is 0 Å². The van der Waals surface area contributed by atoms with Gasteiger partial charge in [0.15, 0.2) is 0 Å². The highest BCUT2D eigenvalue weighted by Gasteiger charge is 2.20. The number of esters is 1. The number of allylic oxidation sites excluding steroid dienone is 4. The molecule has 0 saturated carbocycles. The molecular weight excluding hydrogens is 164 g/mol. The molecule has 1 heterocycles. The van der Waals surface area contributed by atoms with E-state index in [2.05, 4.69) is 0 Å². The highest BCUT2D eigenvalue weighted by atomic mass is 16.5. The first-order valence-corrected chi connectivity index (χ1v) is 4.63. The first kappa shape index (κ1) is 9.78. The Morgan fingerprint density at radius 3 is 2.69 bits per heavy atom. The molecule has 0 unspecified atom stereocenters. The maximum absolute atomic E-state index is 10.8. The summed E-state index contributed by atoms with van der Waals surface area (Å²) in [4.78, 5) is 10.8. The molecule has 0 spiro atoms. The Bertz CT molecular complexity index is 256. The Morgan fingerprint density at radius 1 is 1.23 bits per heavy atom. The lowest BCUT2D eigenvalue weighted by Crippen LogP contribution is -1.92. The summed E-state index contributed by atoms with van der Waals surface area (Å²) in [6.07, 6.45) is 9.18. The standard InChI is InChI=1S/C9H8O2.C2H6/c10-9-6-7-4-2-1-3-5-8(7)11-9;1-2/h2-5H,1,6H2;1-2H3. The first-order valence-electron chi connectivity index (χ1n) is 4.63. The lowest BCUT2D eigenvalue weighted by Gasteiger charge is -1.92. The van der Waals surface area contributed by atoms with Gasteiger partial charge in [-0.15, -0.1) is 0 Å². The molecule has 2 rings (SSSR count). The third kappa shape index (κ3) is 2.31. The van der Waals surface area contributed by atoms with E-state index in [1.165, 1.54) is 0 Å². The number of rotatable bonds is 0. The van der Waals surface area contributed by atoms with Gasteiger partial charge in [0.25, 0.3) is 0 Å². The average molecular weight is 178 g/mol. The summed E-state index contributed by atoms with van der Waals surface area (Å²) in [5.74, 6) is 0.579. The molecule has 0 N–H and O–H groups in total. The number of carbonyl (C=O) groups is 1. The fourth-order valence-corrected chi connectivity index (χ4v) is 1.21. The molecular formula is C11H14O2. The van der Waals surface area contributed by atoms with Gasteiger partial charge in [-0.3, -0.25) is 4.79 Å². The van der Waals surface area contributed by atoms with Crippen LogP contribution in [0.2, 0.25) is 0 Å². The van der Waals surface area contributed by atoms with Gasteiger partial charge in [-0.05, 0) is 12.5 Å². The van der Waals surface area contributed by atoms with Gasteiger partial charge in [0.1, 0.15) is 5.76 Å². The SMILES string of the molecule is CC.O=C1CC2=C(C=CCC=C2)O1. The highest BCUT2D eigenvalue weighted by molar-refractivity contribution is 5.79. The van der Waals surface area contributed by atoms with Crippen LogP contribution in [0.5, 0.6) is 0 Å². The molecule has 0 aromatic carbocycles. The van der Waals surface area contributed by atoms with Gasteiger partial charge in [0, 0.05) is 5.57 Å². The average Bonchev–Trinajstić information content (AvgIpc) is 2.36. The van der Waals surface area contributed by atoms with Crippen molar-refractivity contribution in [2.24, 2.45) is 0 Å². The molecule has 2 heteroatoms. The zero-order chi connectivity index (χ0) is 9.68. The number of carbonyl (C=O) groups excluding carboxylic acids is 1. The molecule has 13 heavy (non-hydrogen) atoms. The minimum atomic E-state index is -0.147. The van der Waals surface area contributed by atoms with Crippen LogP contribution in [0.4, 0.5) is 0 Å². The van der Waals surface area contributed by atoms with E-state index in [-0.39, 0.29) is 5.97 Å². The van der Waals surface area contributed by atoms with Gasteiger partial charge in [0.05, 0.1) is 6.42 Å². The zero-order valence-electron chi connectivity index (χ0n) is 8.04. The van der Waals surface area contributed by atoms with E-state index < -0.39 is 0 Å². The topological polar surface area (TPSA) is 26.3 Å². The van der Waals surface area contributed by atoms with Crippen molar-refractivity contribution in [1.82, 2.24) is 0 Å². The fraction of sp³-hybridized carbons (Fsp3) is 0.364. The summed E-state index contributed by atoms with van der Waals surface area (Å²) >= 11 is 0. The molecule has 0 amide bonds. The summed E-state index contributed by atoms with van der Waals surface area (Å²) in [5, 5.41) is 0. The van der Waals surface area contributed by atoms with E-state index in [0.29, 0.717) is 6.42 Å². The van der Waals surface area contributed by atoms with Crippen LogP contribution in [0.1, 0.15) is 26.7 Å². The molecule has 2 aliphatic rings.